The number of aromatic nitrogens is 4. The molecule has 30 nitrogen and oxygen atoms in total. The molecule has 4 rings (SSSR count). The number of hydrogen-bond donors (Lipinski definition) is 3. The number of nitrogens with one attached hydrogen (secondary N) is 3. The van der Waals surface area contributed by atoms with E-state index in [9.17, 15) is 19.2 Å². The Labute approximate surface area is 584 Å². The Morgan fingerprint density at radius 3 is 1.77 bits per heavy atom. The lowest BCUT2D eigenvalue weighted by Gasteiger charge is -2.50. The number of nitrogens with zero attached hydrogens (tertiary/aromatic N) is 13. The number of fused-ring (bicyclic) bond motifs is 4. The zero-order valence-electron chi connectivity index (χ0n) is 62.9. The van der Waals surface area contributed by atoms with Crippen LogP contribution in [0.3, 0.4) is 0 Å². The van der Waals surface area contributed by atoms with Crippen molar-refractivity contribution in [1.29, 1.82) is 0 Å². The van der Waals surface area contributed by atoms with Gasteiger partial charge < -0.3 is 59.9 Å². The number of methoxy groups -OCH3 is 1. The van der Waals surface area contributed by atoms with Gasteiger partial charge in [0.05, 0.1) is 7.11 Å². The maximum absolute atomic E-state index is 15.7. The van der Waals surface area contributed by atoms with E-state index in [-0.39, 0.29) is 50.0 Å². The highest BCUT2D eigenvalue weighted by Gasteiger charge is 2.55. The van der Waals surface area contributed by atoms with E-state index in [0.29, 0.717) is 18.0 Å². The molecule has 3 aliphatic rings. The predicted octanol–water partition coefficient (Wildman–Crippen LogP) is 3.03. The van der Waals surface area contributed by atoms with E-state index in [1.807, 2.05) is 34.6 Å². The van der Waals surface area contributed by atoms with Crippen molar-refractivity contribution in [3.05, 3.63) is 0 Å². The van der Waals surface area contributed by atoms with Gasteiger partial charge >= 0.3 is 6.09 Å². The quantitative estimate of drug-likeness (QED) is 0.140. The van der Waals surface area contributed by atoms with Crippen molar-refractivity contribution >= 4 is 82.8 Å². The summed E-state index contributed by atoms with van der Waals surface area (Å²) in [4.78, 5) is 196. The molecule has 14 atom stereocenters. The molecule has 3 N–H and O–H groups in total. The summed E-state index contributed by atoms with van der Waals surface area (Å²) in [5.74, 6) is -9.07. The normalized spacial score (nSPS) is 27.7. The number of likely N-dealkylation sites (N-methyl/N-ethyl adjacent to an activating group) is 6. The summed E-state index contributed by atoms with van der Waals surface area (Å²) in [5.41, 5.74) is -1.32. The summed E-state index contributed by atoms with van der Waals surface area (Å²) in [6, 6.07) is -15.5. The van der Waals surface area contributed by atoms with E-state index in [1.54, 1.807) is 67.1 Å². The average Bonchev–Trinajstić information content (AvgIpc) is 0.767. The van der Waals surface area contributed by atoms with Gasteiger partial charge in [-0.2, -0.15) is 0 Å². The van der Waals surface area contributed by atoms with Crippen LogP contribution in [0.25, 0.3) is 0 Å². The Hall–Kier alpha value is -7.18. The minimum atomic E-state index is -1.47. The van der Waals surface area contributed by atoms with Crippen molar-refractivity contribution in [3.8, 4) is 0 Å². The Bertz CT molecular complexity index is 3000. The molecule has 3 fully saturated rings. The number of hydroxylamine groups is 2. The molecule has 2 bridgehead atoms. The lowest BCUT2D eigenvalue weighted by molar-refractivity contribution is -0.322. The maximum Gasteiger partial charge on any atom is 0.409 e. The van der Waals surface area contributed by atoms with Crippen molar-refractivity contribution in [1.82, 2.24) is 80.4 Å². The molecule has 1 aromatic heterocycles. The number of tetrazole rings is 1. The Kier molecular flexibility index (Phi) is 30.4. The molecule has 3 aliphatic heterocycles. The highest BCUT2D eigenvalue weighted by molar-refractivity contribution is 7.99. The number of hydrogen-bond acceptors (Lipinski definition) is 18. The highest BCUT2D eigenvalue weighted by Crippen LogP contribution is 2.36. The lowest BCUT2D eigenvalue weighted by atomic mass is 9.81. The number of amides is 12. The van der Waals surface area contributed by atoms with Crippen LogP contribution < -0.4 is 16.0 Å². The zero-order chi connectivity index (χ0) is 74.6. The predicted molar refractivity (Wildman–Crippen MR) is 367 cm³/mol. The molecule has 0 aromatic carbocycles. The fraction of sp³-hybridized carbons (Fsp3) is 0.806. The molecule has 3 saturated heterocycles. The topological polar surface area (TPSA) is 332 Å². The highest BCUT2D eigenvalue weighted by atomic mass is 32.2. The van der Waals surface area contributed by atoms with Crippen LogP contribution in [-0.4, -0.2) is 283 Å². The third-order valence-corrected chi connectivity index (χ3v) is 20.6. The van der Waals surface area contributed by atoms with Crippen LogP contribution in [0.1, 0.15) is 162 Å². The van der Waals surface area contributed by atoms with Crippen LogP contribution in [0, 0.1) is 35.0 Å². The second kappa shape index (κ2) is 35.7. The molecule has 31 heteroatoms. The van der Waals surface area contributed by atoms with E-state index in [0.717, 1.165) is 33.5 Å². The van der Waals surface area contributed by atoms with Crippen molar-refractivity contribution in [2.75, 3.05) is 68.7 Å². The number of unbranched alkanes of at least 4 members (excludes halogenated alkanes) is 2. The minimum Gasteiger partial charge on any atom is -0.453 e. The van der Waals surface area contributed by atoms with Gasteiger partial charge in [-0.1, -0.05) is 108 Å². The maximum atomic E-state index is 15.7. The fourth-order valence-electron chi connectivity index (χ4n) is 13.7. The molecule has 98 heavy (non-hydrogen) atoms. The minimum absolute atomic E-state index is 0.00704. The van der Waals surface area contributed by atoms with Crippen molar-refractivity contribution in [2.45, 2.75) is 246 Å². The van der Waals surface area contributed by atoms with E-state index in [2.05, 4.69) is 31.5 Å². The van der Waals surface area contributed by atoms with E-state index in [1.165, 1.54) is 118 Å². The smallest absolute Gasteiger partial charge is 0.409 e. The molecule has 12 amide bonds. The van der Waals surface area contributed by atoms with Gasteiger partial charge in [0.25, 0.3) is 5.91 Å². The van der Waals surface area contributed by atoms with Gasteiger partial charge in [-0.05, 0) is 106 Å². The number of carbonyl (C=O) groups excluding carboxylic acids is 12. The summed E-state index contributed by atoms with van der Waals surface area (Å²) in [5, 5.41) is 21.8. The summed E-state index contributed by atoms with van der Waals surface area (Å²) >= 11 is 1.52. The molecule has 1 aromatic rings. The molecular weight excluding hydrogens is 1280 g/mol. The lowest BCUT2D eigenvalue weighted by Crippen LogP contribution is -2.72. The molecular formula is C67H116N16O14S. The van der Waals surface area contributed by atoms with E-state index in [4.69, 9.17) is 9.57 Å². The van der Waals surface area contributed by atoms with Gasteiger partial charge in [0, 0.05) is 80.1 Å². The first-order valence-corrected chi connectivity index (χ1v) is 35.5. The van der Waals surface area contributed by atoms with Crippen molar-refractivity contribution in [2.24, 2.45) is 42.1 Å². The van der Waals surface area contributed by atoms with Crippen LogP contribution in [0.15, 0.2) is 5.16 Å². The summed E-state index contributed by atoms with van der Waals surface area (Å²) in [6.07, 6.45) is 1.23. The largest absolute Gasteiger partial charge is 0.453 e. The first-order chi connectivity index (χ1) is 45.5. The Morgan fingerprint density at radius 2 is 1.22 bits per heavy atom. The van der Waals surface area contributed by atoms with Crippen LogP contribution >= 0.6 is 11.8 Å². The van der Waals surface area contributed by atoms with Crippen LogP contribution in [0.4, 0.5) is 4.79 Å². The Morgan fingerprint density at radius 1 is 0.643 bits per heavy atom. The third kappa shape index (κ3) is 19.6. The van der Waals surface area contributed by atoms with Gasteiger partial charge in [0.2, 0.25) is 64.2 Å². The molecule has 554 valence electrons. The summed E-state index contributed by atoms with van der Waals surface area (Å²) in [6.45, 7) is 27.0. The zero-order valence-corrected chi connectivity index (χ0v) is 63.7. The van der Waals surface area contributed by atoms with Crippen LogP contribution in [0.2, 0.25) is 0 Å². The van der Waals surface area contributed by atoms with Gasteiger partial charge in [-0.25, -0.2) is 14.5 Å². The van der Waals surface area contributed by atoms with Crippen LogP contribution in [-0.2, 0) is 69.4 Å². The second-order valence-electron chi connectivity index (χ2n) is 29.5. The molecule has 0 radical (unpaired) electrons. The number of aryl methyl sites for hydroxylation is 1. The number of carbonyl (C=O) groups is 12. The SMILES string of the molecule is CC[C@@H]1NC(=O)[C@@H]2[C@@H]([C@H](C)CCCCCSc3nnnn3C)ON2C(=O)[C@H](C(C)C)N(C)C(=O)[C@@H]2CC(C)N(C(=O)[C@H](C)NC(=O)[C@H](CC(C)C)N(C)C(=O)[C@H](C(C)C)NC(=O)[C@H](C(C)(C)CN(C)C(=O)OC)N(C)C(=O)[C@@H](C)N(C)C1=O)[C@H](C)C(=O)N(C)[C@@H](CC(C)C)C(=O)N2C. The molecule has 0 aliphatic carbocycles. The summed E-state index contributed by atoms with van der Waals surface area (Å²) in [7, 11) is 12.9. The van der Waals surface area contributed by atoms with Gasteiger partial charge in [0.15, 0.2) is 6.04 Å². The average molecular weight is 1400 g/mol. The van der Waals surface area contributed by atoms with Gasteiger partial charge in [-0.15, -0.1) is 5.10 Å². The van der Waals surface area contributed by atoms with E-state index < -0.39 is 167 Å². The molecule has 1 unspecified atom stereocenters. The standard InChI is InChI=1S/C67H116N16O14S/c1-26-45-60(90)75(18)43(13)58(88)80(23)53(67(15,16)35-74(17)66(95)96-25)56(86)70-49(38(6)7)63(93)76(19)46(32-36(2)3)54(84)68-42(12)57(87)82-41(11)34-48(78(21)61(91)47(33-37(4)5)77(20)59(89)44(82)14)62(92)79(22)50(39(8)9)64(94)83-51(55(85)69-45)52(97-83)40(10)30-28-27-29-31-98-65-71-72-73-81(65)24/h36-53H,26-35H2,1-25H3,(H,68,84)(H,69,85)(H,70,86)/t40-,41?,42+,43-,44-,45+,46+,47+,48+,49+,50+,51+,52-,53-/m1/s1. The third-order valence-electron chi connectivity index (χ3n) is 19.5. The summed E-state index contributed by atoms with van der Waals surface area (Å²) < 4.78 is 6.59. The van der Waals surface area contributed by atoms with E-state index >= 15 is 38.4 Å². The van der Waals surface area contributed by atoms with Crippen LogP contribution in [0.5, 0.6) is 0 Å². The monoisotopic (exact) mass is 1400 g/mol. The van der Waals surface area contributed by atoms with Crippen molar-refractivity contribution < 1.29 is 67.1 Å². The fourth-order valence-corrected chi connectivity index (χ4v) is 14.5. The first kappa shape index (κ1) is 83.2. The molecule has 0 saturated carbocycles. The number of rotatable bonds is 18. The van der Waals surface area contributed by atoms with Crippen molar-refractivity contribution in [3.63, 3.8) is 0 Å². The van der Waals surface area contributed by atoms with Gasteiger partial charge in [0.1, 0.15) is 66.5 Å². The van der Waals surface area contributed by atoms with Gasteiger partial charge in [-0.3, -0.25) is 57.6 Å². The first-order valence-electron chi connectivity index (χ1n) is 34.5. The molecule has 4 heterocycles. The Balaban J connectivity index is 1.99. The number of thioether (sulfide) groups is 1. The molecule has 0 spiro atoms. The second-order valence-corrected chi connectivity index (χ2v) is 30.5. The number of ether oxygens (including phenoxy) is 1.